The molecule has 11 rings (SSSR count). The highest BCUT2D eigenvalue weighted by Crippen LogP contribution is 2.50. The highest BCUT2D eigenvalue weighted by molar-refractivity contribution is 6.90. The van der Waals surface area contributed by atoms with Crippen molar-refractivity contribution in [3.05, 3.63) is 139 Å². The Morgan fingerprint density at radius 2 is 1.21 bits per heavy atom. The molecule has 7 aromatic carbocycles. The minimum atomic E-state index is -0.0522. The Hall–Kier alpha value is -5.74. The van der Waals surface area contributed by atoms with Crippen LogP contribution in [0.3, 0.4) is 0 Å². The zero-order valence-electron chi connectivity index (χ0n) is 30.5. The van der Waals surface area contributed by atoms with Crippen molar-refractivity contribution >= 4 is 89.4 Å². The summed E-state index contributed by atoms with van der Waals surface area (Å²) in [5.41, 5.74) is 15.7. The third-order valence-electron chi connectivity index (χ3n) is 11.8. The molecule has 0 bridgehead atoms. The lowest BCUT2D eigenvalue weighted by Gasteiger charge is -2.41. The molecular formula is C48H39BN2O. The lowest BCUT2D eigenvalue weighted by Crippen LogP contribution is -2.56. The minimum absolute atomic E-state index is 0.0285. The lowest BCUT2D eigenvalue weighted by atomic mass is 9.45. The molecule has 0 fully saturated rings. The second kappa shape index (κ2) is 9.98. The second-order valence-electron chi connectivity index (χ2n) is 17.0. The van der Waals surface area contributed by atoms with Gasteiger partial charge in [-0.05, 0) is 80.1 Å². The maximum Gasteiger partial charge on any atom is 0.333 e. The number of nitrogens with zero attached hydrogens (tertiary/aromatic N) is 2. The molecule has 2 aliphatic heterocycles. The van der Waals surface area contributed by atoms with E-state index in [1.807, 2.05) is 0 Å². The van der Waals surface area contributed by atoms with Gasteiger partial charge in [0.1, 0.15) is 11.2 Å². The van der Waals surface area contributed by atoms with E-state index < -0.39 is 0 Å². The molecule has 0 N–H and O–H groups in total. The minimum Gasteiger partial charge on any atom is -0.455 e. The number of furan rings is 1. The molecule has 4 heteroatoms. The number of anilines is 3. The van der Waals surface area contributed by atoms with E-state index in [9.17, 15) is 0 Å². The summed E-state index contributed by atoms with van der Waals surface area (Å²) in [5, 5.41) is 7.36. The van der Waals surface area contributed by atoms with Gasteiger partial charge in [-0.1, -0.05) is 133 Å². The third kappa shape index (κ3) is 3.93. The van der Waals surface area contributed by atoms with E-state index in [-0.39, 0.29) is 17.7 Å². The molecule has 0 spiro atoms. The van der Waals surface area contributed by atoms with Gasteiger partial charge in [-0.25, -0.2) is 0 Å². The first-order chi connectivity index (χ1) is 25.1. The number of rotatable bonds is 1. The van der Waals surface area contributed by atoms with Crippen molar-refractivity contribution in [3.63, 3.8) is 0 Å². The third-order valence-corrected chi connectivity index (χ3v) is 11.8. The summed E-state index contributed by atoms with van der Waals surface area (Å²) in [7, 11) is 0. The molecule has 0 aliphatic carbocycles. The fraction of sp³-hybridized carbons (Fsp3) is 0.167. The molecule has 0 saturated heterocycles. The first-order valence-electron chi connectivity index (χ1n) is 18.6. The molecule has 2 aliphatic rings. The van der Waals surface area contributed by atoms with Gasteiger partial charge >= 0.3 is 6.85 Å². The van der Waals surface area contributed by atoms with Crippen LogP contribution >= 0.6 is 0 Å². The maximum absolute atomic E-state index is 6.94. The number of benzene rings is 7. The summed E-state index contributed by atoms with van der Waals surface area (Å²) in [5.74, 6) is 0. The average molecular weight is 671 g/mol. The molecule has 52 heavy (non-hydrogen) atoms. The predicted molar refractivity (Wildman–Crippen MR) is 222 cm³/mol. The van der Waals surface area contributed by atoms with Crippen LogP contribution in [0.4, 0.5) is 17.1 Å². The highest BCUT2D eigenvalue weighted by atomic mass is 16.3. The van der Waals surface area contributed by atoms with Gasteiger partial charge < -0.3 is 13.8 Å². The van der Waals surface area contributed by atoms with Crippen LogP contribution in [-0.2, 0) is 10.8 Å². The van der Waals surface area contributed by atoms with Crippen molar-refractivity contribution in [2.24, 2.45) is 0 Å². The number of fused-ring (bicyclic) bond motifs is 12. The number of para-hydroxylation sites is 3. The molecule has 0 atom stereocenters. The van der Waals surface area contributed by atoms with E-state index in [0.717, 1.165) is 21.9 Å². The zero-order valence-corrected chi connectivity index (χ0v) is 30.5. The number of aromatic nitrogens is 1. The quantitative estimate of drug-likeness (QED) is 0.162. The SMILES string of the molecule is CC(C)(C)c1cc(N2c3cc4ccccc4cc3B3c4c2cc2c(oc5ccccc52)c4-c2cccc4c5ccccc5n3c24)cc(C(C)(C)C)c1. The molecule has 250 valence electrons. The molecule has 0 amide bonds. The Labute approximate surface area is 304 Å². The fourth-order valence-corrected chi connectivity index (χ4v) is 9.21. The highest BCUT2D eigenvalue weighted by Gasteiger charge is 2.44. The maximum atomic E-state index is 6.94. The largest absolute Gasteiger partial charge is 0.455 e. The predicted octanol–water partition coefficient (Wildman–Crippen LogP) is 11.9. The molecule has 0 unspecified atom stereocenters. The van der Waals surface area contributed by atoms with Gasteiger partial charge in [-0.3, -0.25) is 0 Å². The lowest BCUT2D eigenvalue weighted by molar-refractivity contribution is 0.569. The zero-order chi connectivity index (χ0) is 35.3. The molecule has 2 aromatic heterocycles. The molecule has 4 heterocycles. The van der Waals surface area contributed by atoms with E-state index in [4.69, 9.17) is 4.42 Å². The first-order valence-corrected chi connectivity index (χ1v) is 18.6. The normalized spacial score (nSPS) is 13.9. The Bertz CT molecular complexity index is 2970. The van der Waals surface area contributed by atoms with Crippen LogP contribution in [0.5, 0.6) is 0 Å². The van der Waals surface area contributed by atoms with Crippen LogP contribution in [0.1, 0.15) is 52.7 Å². The monoisotopic (exact) mass is 670 g/mol. The van der Waals surface area contributed by atoms with Crippen LogP contribution in [0.25, 0.3) is 65.6 Å². The van der Waals surface area contributed by atoms with Gasteiger partial charge in [0, 0.05) is 60.8 Å². The van der Waals surface area contributed by atoms with Crippen LogP contribution in [0.2, 0.25) is 0 Å². The topological polar surface area (TPSA) is 21.3 Å². The van der Waals surface area contributed by atoms with Crippen molar-refractivity contribution in [3.8, 4) is 11.1 Å². The van der Waals surface area contributed by atoms with Gasteiger partial charge in [0.25, 0.3) is 0 Å². The standard InChI is InChI=1S/C48H39BN2O/c1-47(2,3)30-24-31(48(4,5)6)26-32(25-30)50-40-23-29-15-8-7-14-28(29)22-38(40)49-44-41(50)27-37-34-17-10-12-21-42(34)52-46(37)43(44)36-19-13-18-35-33-16-9-11-20-39(33)51(49)45(35)36/h7-27H,1-6H3. The summed E-state index contributed by atoms with van der Waals surface area (Å²) in [6.45, 7) is 13.9. The molecule has 0 saturated carbocycles. The van der Waals surface area contributed by atoms with E-state index in [0.29, 0.717) is 0 Å². The Balaban J connectivity index is 1.37. The molecule has 0 radical (unpaired) electrons. The summed E-state index contributed by atoms with van der Waals surface area (Å²) in [6, 6.07) is 47.8. The number of hydrogen-bond acceptors (Lipinski definition) is 2. The van der Waals surface area contributed by atoms with Crippen LogP contribution in [-0.4, -0.2) is 11.3 Å². The summed E-state index contributed by atoms with van der Waals surface area (Å²) >= 11 is 0. The number of hydrogen-bond donors (Lipinski definition) is 0. The average Bonchev–Trinajstić information content (AvgIpc) is 3.68. The Morgan fingerprint density at radius 3 is 1.96 bits per heavy atom. The van der Waals surface area contributed by atoms with Gasteiger partial charge in [-0.2, -0.15) is 0 Å². The van der Waals surface area contributed by atoms with Gasteiger partial charge in [0.05, 0.1) is 0 Å². The molecule has 3 nitrogen and oxygen atoms in total. The fourth-order valence-electron chi connectivity index (χ4n) is 9.21. The summed E-state index contributed by atoms with van der Waals surface area (Å²) in [4.78, 5) is 2.58. The van der Waals surface area contributed by atoms with E-state index in [1.54, 1.807) is 0 Å². The van der Waals surface area contributed by atoms with E-state index >= 15 is 0 Å². The first kappa shape index (κ1) is 29.9. The van der Waals surface area contributed by atoms with Crippen LogP contribution in [0.15, 0.2) is 132 Å². The van der Waals surface area contributed by atoms with E-state index in [2.05, 4.69) is 178 Å². The summed E-state index contributed by atoms with van der Waals surface area (Å²) in [6.07, 6.45) is 0. The van der Waals surface area contributed by atoms with Crippen molar-refractivity contribution in [2.75, 3.05) is 4.90 Å². The second-order valence-corrected chi connectivity index (χ2v) is 17.0. The van der Waals surface area contributed by atoms with Crippen molar-refractivity contribution in [1.82, 2.24) is 4.48 Å². The van der Waals surface area contributed by atoms with Gasteiger partial charge in [-0.15, -0.1) is 0 Å². The Kier molecular flexibility index (Phi) is 5.75. The van der Waals surface area contributed by atoms with Gasteiger partial charge in [0.15, 0.2) is 0 Å². The Morgan fingerprint density at radius 1 is 0.558 bits per heavy atom. The van der Waals surface area contributed by atoms with Crippen molar-refractivity contribution in [1.29, 1.82) is 0 Å². The molecule has 9 aromatic rings. The van der Waals surface area contributed by atoms with Gasteiger partial charge in [0.2, 0.25) is 0 Å². The van der Waals surface area contributed by atoms with E-state index in [1.165, 1.54) is 82.8 Å². The summed E-state index contributed by atoms with van der Waals surface area (Å²) < 4.78 is 9.58. The van der Waals surface area contributed by atoms with Crippen molar-refractivity contribution < 1.29 is 4.42 Å². The molecular weight excluding hydrogens is 631 g/mol. The van der Waals surface area contributed by atoms with Crippen LogP contribution < -0.4 is 15.8 Å². The van der Waals surface area contributed by atoms with Crippen LogP contribution in [0, 0.1) is 0 Å². The van der Waals surface area contributed by atoms with Crippen molar-refractivity contribution in [2.45, 2.75) is 52.4 Å². The smallest absolute Gasteiger partial charge is 0.333 e.